The number of benzene rings is 6. The Morgan fingerprint density at radius 2 is 1.27 bits per heavy atom. The van der Waals surface area contributed by atoms with Crippen molar-refractivity contribution in [2.24, 2.45) is 0 Å². The predicted molar refractivity (Wildman–Crippen MR) is 247 cm³/mol. The molecule has 60 heavy (non-hydrogen) atoms. The predicted octanol–water partition coefficient (Wildman–Crippen LogP) is 14.5. The van der Waals surface area contributed by atoms with E-state index in [1.165, 1.54) is 0 Å². The van der Waals surface area contributed by atoms with Gasteiger partial charge in [-0.1, -0.05) is 164 Å². The topological polar surface area (TPSA) is 50.9 Å². The van der Waals surface area contributed by atoms with Crippen LogP contribution >= 0.6 is 0 Å². The molecule has 0 fully saturated rings. The van der Waals surface area contributed by atoms with E-state index in [9.17, 15) is 6.48 Å². The molecule has 0 atom stereocenters. The molecule has 0 amide bonds. The number of aromatic nitrogens is 3. The fourth-order valence-corrected chi connectivity index (χ4v) is 7.39. The van der Waals surface area contributed by atoms with E-state index in [-0.39, 0.29) is 60.5 Å². The van der Waals surface area contributed by atoms with Gasteiger partial charge in [0.1, 0.15) is 11.6 Å². The van der Waals surface area contributed by atoms with Crippen LogP contribution in [0.5, 0.6) is 5.75 Å². The van der Waals surface area contributed by atoms with E-state index in [2.05, 4.69) is 108 Å². The van der Waals surface area contributed by atoms with Crippen LogP contribution in [-0.2, 0) is 37.3 Å². The van der Waals surface area contributed by atoms with E-state index in [1.54, 1.807) is 0 Å². The monoisotopic (exact) mass is 975 g/mol. The van der Waals surface area contributed by atoms with Crippen LogP contribution in [0.2, 0.25) is 0 Å². The van der Waals surface area contributed by atoms with E-state index < -0.39 is 47.8 Å². The zero-order valence-corrected chi connectivity index (χ0v) is 38.0. The van der Waals surface area contributed by atoms with Gasteiger partial charge in [-0.2, -0.15) is 0 Å². The summed E-state index contributed by atoms with van der Waals surface area (Å²) in [5, 5.41) is 12.0. The Balaban J connectivity index is 0.00000684. The molecular weight excluding hydrogens is 914 g/mol. The minimum Gasteiger partial charge on any atom is -0.507 e. The molecule has 6 aromatic carbocycles. The Labute approximate surface area is 381 Å². The number of para-hydroxylation sites is 1. The summed E-state index contributed by atoms with van der Waals surface area (Å²) < 4.78 is 71.5. The van der Waals surface area contributed by atoms with Gasteiger partial charge in [0.25, 0.3) is 0 Å². The molecule has 306 valence electrons. The van der Waals surface area contributed by atoms with Crippen LogP contribution < -0.4 is 0 Å². The molecule has 2 aromatic heterocycles. The van der Waals surface area contributed by atoms with Crippen LogP contribution in [0.3, 0.4) is 0 Å². The second-order valence-corrected chi connectivity index (χ2v) is 18.4. The van der Waals surface area contributed by atoms with Crippen LogP contribution in [-0.4, -0.2) is 19.6 Å². The number of rotatable bonds is 6. The summed E-state index contributed by atoms with van der Waals surface area (Å²) in [6, 6.07) is 30.2. The third-order valence-electron chi connectivity index (χ3n) is 10.9. The fraction of sp³-hybridized carbons (Fsp3) is 0.236. The van der Waals surface area contributed by atoms with Crippen molar-refractivity contribution < 1.29 is 37.1 Å². The smallest absolute Gasteiger partial charge is 0.148 e. The van der Waals surface area contributed by atoms with Crippen LogP contribution in [0.15, 0.2) is 139 Å². The summed E-state index contributed by atoms with van der Waals surface area (Å²) in [5.41, 5.74) is 8.68. The molecule has 0 aliphatic rings. The minimum atomic E-state index is -0.607. The van der Waals surface area contributed by atoms with Gasteiger partial charge in [0.2, 0.25) is 0 Å². The first kappa shape index (κ1) is 33.2. The molecule has 0 radical (unpaired) electrons. The van der Waals surface area contributed by atoms with Gasteiger partial charge >= 0.3 is 0 Å². The van der Waals surface area contributed by atoms with Crippen molar-refractivity contribution in [3.8, 4) is 67.5 Å². The second-order valence-electron chi connectivity index (χ2n) is 18.4. The summed E-state index contributed by atoms with van der Waals surface area (Å²) in [4.78, 5) is 9.92. The van der Waals surface area contributed by atoms with Crippen molar-refractivity contribution in [2.45, 2.75) is 85.5 Å². The first-order chi connectivity index (χ1) is 31.3. The summed E-state index contributed by atoms with van der Waals surface area (Å²) in [6.45, 7) is 21.1. The number of pyridine rings is 1. The van der Waals surface area contributed by atoms with E-state index in [4.69, 9.17) is 14.6 Å². The van der Waals surface area contributed by atoms with Gasteiger partial charge in [0, 0.05) is 38.5 Å². The van der Waals surface area contributed by atoms with Gasteiger partial charge in [0.05, 0.1) is 33.3 Å². The maximum Gasteiger partial charge on any atom is 0.148 e. The third-order valence-corrected chi connectivity index (χ3v) is 10.9. The Morgan fingerprint density at radius 1 is 0.617 bits per heavy atom. The molecule has 8 aromatic rings. The number of aromatic hydroxyl groups is 1. The molecule has 8 rings (SSSR count). The molecule has 0 aliphatic carbocycles. The number of aryl methyl sites for hydroxylation is 1. The molecule has 4 nitrogen and oxygen atoms in total. The second kappa shape index (κ2) is 16.1. The SMILES string of the molecule is [2H]c1nc(-c2[c-]c(-c3cccc4c3nc(-c3cc(C(C)(C)C)cc(C)c3O)n4-c3ccc(C(C)(C)C)cc3-c3ccccc3)cc(C(C)(C)C)c2)c([2H])c(-c2c([2H])c([2H])c([2H])c([2H])c2[2H])c1[2H].[Pt]. The quantitative estimate of drug-likeness (QED) is 0.169. The van der Waals surface area contributed by atoms with E-state index in [0.29, 0.717) is 33.6 Å². The molecule has 0 spiro atoms. The van der Waals surface area contributed by atoms with Crippen LogP contribution in [0.1, 0.15) is 95.5 Å². The van der Waals surface area contributed by atoms with Crippen molar-refractivity contribution in [3.63, 3.8) is 0 Å². The molecule has 1 N–H and O–H groups in total. The van der Waals surface area contributed by atoms with Gasteiger partial charge < -0.3 is 5.11 Å². The first-order valence-corrected chi connectivity index (χ1v) is 20.0. The van der Waals surface area contributed by atoms with Gasteiger partial charge in [-0.05, 0) is 86.9 Å². The zero-order chi connectivity index (χ0) is 48.8. The van der Waals surface area contributed by atoms with Gasteiger partial charge in [-0.25, -0.2) is 4.98 Å². The minimum absolute atomic E-state index is 0. The molecule has 0 unspecified atom stereocenters. The number of hydrogen-bond acceptors (Lipinski definition) is 3. The Morgan fingerprint density at radius 3 is 1.95 bits per heavy atom. The van der Waals surface area contributed by atoms with E-state index in [0.717, 1.165) is 44.6 Å². The standard InChI is InChI=1S/C55H54N3O.Pt/c1-35-28-42(54(5,6)7)34-46(51(35)59)52-57-50-44(22-17-23-49(50)58(52)48-25-24-41(53(2,3)4)33-45(48)37-20-15-12-16-21-37)39-29-40(31-43(30-39)55(8,9)10)47-32-38(26-27-56-47)36-18-13-11-14-19-36;/h11-28,30-34,59H,1-10H3;/q-1;/i11D,13D,14D,18D,19D,26D,27D,32D;. The van der Waals surface area contributed by atoms with E-state index >= 15 is 0 Å². The molecule has 0 saturated heterocycles. The number of fused-ring (bicyclic) bond motifs is 1. The third kappa shape index (κ3) is 8.28. The molecule has 2 heterocycles. The summed E-state index contributed by atoms with van der Waals surface area (Å²) in [5.74, 6) is 0.653. The van der Waals surface area contributed by atoms with Crippen molar-refractivity contribution in [3.05, 3.63) is 168 Å². The van der Waals surface area contributed by atoms with Crippen molar-refractivity contribution >= 4 is 11.0 Å². The molecule has 0 saturated carbocycles. The summed E-state index contributed by atoms with van der Waals surface area (Å²) in [6.07, 6.45) is -0.520. The number of phenolic OH excluding ortho intramolecular Hbond substituents is 1. The van der Waals surface area contributed by atoms with Gasteiger partial charge in [-0.3, -0.25) is 9.55 Å². The zero-order valence-electron chi connectivity index (χ0n) is 43.8. The fourth-order valence-electron chi connectivity index (χ4n) is 7.39. The molecule has 0 aliphatic heterocycles. The maximum absolute atomic E-state index is 12.0. The number of imidazole rings is 1. The first-order valence-electron chi connectivity index (χ1n) is 24.0. The summed E-state index contributed by atoms with van der Waals surface area (Å²) in [7, 11) is 0. The average Bonchev–Trinajstić information content (AvgIpc) is 3.66. The summed E-state index contributed by atoms with van der Waals surface area (Å²) >= 11 is 0. The largest absolute Gasteiger partial charge is 0.507 e. The van der Waals surface area contributed by atoms with Crippen molar-refractivity contribution in [2.75, 3.05) is 0 Å². The van der Waals surface area contributed by atoms with Crippen LogP contribution in [0.25, 0.3) is 72.7 Å². The van der Waals surface area contributed by atoms with Crippen molar-refractivity contribution in [1.82, 2.24) is 14.5 Å². The number of nitrogens with zero attached hydrogens (tertiary/aromatic N) is 3. The van der Waals surface area contributed by atoms with Gasteiger partial charge in [-0.15, -0.1) is 29.3 Å². The Kier molecular flexibility index (Phi) is 8.92. The van der Waals surface area contributed by atoms with Gasteiger partial charge in [0.15, 0.2) is 0 Å². The van der Waals surface area contributed by atoms with Crippen LogP contribution in [0, 0.1) is 13.0 Å². The average molecular weight is 976 g/mol. The Bertz CT molecular complexity index is 3280. The molecule has 5 heteroatoms. The number of hydrogen-bond donors (Lipinski definition) is 1. The normalized spacial score (nSPS) is 14.0. The van der Waals surface area contributed by atoms with Crippen molar-refractivity contribution in [1.29, 1.82) is 0 Å². The maximum atomic E-state index is 12.0. The number of phenols is 1. The van der Waals surface area contributed by atoms with Crippen LogP contribution in [0.4, 0.5) is 0 Å². The Hall–Kier alpha value is -5.57. The molecule has 0 bridgehead atoms. The van der Waals surface area contributed by atoms with E-state index in [1.807, 2.05) is 67.6 Å². The molecular formula is C55H54N3OPt-.